The fraction of sp³-hybridized carbons (Fsp3) is 0.136. The molecule has 1 N–H and O–H groups in total. The molecule has 2 heterocycles. The Hall–Kier alpha value is -3.45. The van der Waals surface area contributed by atoms with Gasteiger partial charge in [-0.1, -0.05) is 42.5 Å². The van der Waals surface area contributed by atoms with Gasteiger partial charge in [-0.25, -0.2) is 0 Å². The van der Waals surface area contributed by atoms with E-state index in [0.717, 1.165) is 22.9 Å². The molecule has 0 aliphatic carbocycles. The summed E-state index contributed by atoms with van der Waals surface area (Å²) in [6.45, 7) is 1.12. The minimum atomic E-state index is 0.453. The molecular weight excluding hydrogens is 384 g/mol. The Morgan fingerprint density at radius 2 is 1.86 bits per heavy atom. The van der Waals surface area contributed by atoms with Crippen LogP contribution in [0.5, 0.6) is 11.5 Å². The van der Waals surface area contributed by atoms with Crippen molar-refractivity contribution >= 4 is 29.2 Å². The summed E-state index contributed by atoms with van der Waals surface area (Å²) in [5, 5.41) is 14.2. The SMILES string of the molecule is S=c1[nH]nc(Cc2cccc3ccccc23)n1/N=C\c1ccc2c(c1)OCCO2. The van der Waals surface area contributed by atoms with Crippen molar-refractivity contribution in [1.29, 1.82) is 0 Å². The number of H-pyrrole nitrogens is 1. The number of nitrogens with one attached hydrogen (secondary N) is 1. The van der Waals surface area contributed by atoms with E-state index in [1.807, 2.05) is 30.3 Å². The van der Waals surface area contributed by atoms with E-state index in [1.165, 1.54) is 16.3 Å². The highest BCUT2D eigenvalue weighted by Gasteiger charge is 2.12. The van der Waals surface area contributed by atoms with Gasteiger partial charge in [0.15, 0.2) is 17.3 Å². The van der Waals surface area contributed by atoms with Gasteiger partial charge in [0.1, 0.15) is 13.2 Å². The number of aromatic amines is 1. The van der Waals surface area contributed by atoms with Crippen LogP contribution >= 0.6 is 12.2 Å². The summed E-state index contributed by atoms with van der Waals surface area (Å²) in [6.07, 6.45) is 2.36. The van der Waals surface area contributed by atoms with Gasteiger partial charge in [-0.15, -0.1) is 0 Å². The third-order valence-electron chi connectivity index (χ3n) is 4.83. The van der Waals surface area contributed by atoms with Crippen molar-refractivity contribution in [2.24, 2.45) is 5.10 Å². The Kier molecular flexibility index (Phi) is 4.57. The predicted molar refractivity (Wildman–Crippen MR) is 115 cm³/mol. The first-order valence-electron chi connectivity index (χ1n) is 9.35. The molecule has 0 saturated heterocycles. The molecule has 5 rings (SSSR count). The van der Waals surface area contributed by atoms with E-state index < -0.39 is 0 Å². The lowest BCUT2D eigenvalue weighted by atomic mass is 10.0. The normalized spacial score (nSPS) is 13.2. The maximum absolute atomic E-state index is 5.64. The highest BCUT2D eigenvalue weighted by molar-refractivity contribution is 7.71. The van der Waals surface area contributed by atoms with Crippen LogP contribution < -0.4 is 9.47 Å². The first-order valence-corrected chi connectivity index (χ1v) is 9.76. The van der Waals surface area contributed by atoms with E-state index >= 15 is 0 Å². The number of nitrogens with zero attached hydrogens (tertiary/aromatic N) is 3. The van der Waals surface area contributed by atoms with E-state index in [2.05, 4.69) is 45.6 Å². The van der Waals surface area contributed by atoms with Crippen LogP contribution in [0.4, 0.5) is 0 Å². The third-order valence-corrected chi connectivity index (χ3v) is 5.10. The van der Waals surface area contributed by atoms with Crippen LogP contribution in [0.3, 0.4) is 0 Å². The van der Waals surface area contributed by atoms with Gasteiger partial charge < -0.3 is 9.47 Å². The van der Waals surface area contributed by atoms with Gasteiger partial charge in [0.25, 0.3) is 0 Å². The summed E-state index contributed by atoms with van der Waals surface area (Å²) in [6, 6.07) is 20.3. The molecule has 0 saturated carbocycles. The zero-order chi connectivity index (χ0) is 19.6. The number of hydrogen-bond acceptors (Lipinski definition) is 5. The maximum atomic E-state index is 5.64. The number of ether oxygens (including phenoxy) is 2. The molecule has 29 heavy (non-hydrogen) atoms. The summed E-state index contributed by atoms with van der Waals surface area (Å²) >= 11 is 5.38. The van der Waals surface area contributed by atoms with E-state index in [4.69, 9.17) is 21.7 Å². The molecule has 0 amide bonds. The summed E-state index contributed by atoms with van der Waals surface area (Å²) in [5.41, 5.74) is 2.07. The van der Waals surface area contributed by atoms with Crippen molar-refractivity contribution in [2.75, 3.05) is 13.2 Å². The number of rotatable bonds is 4. The summed E-state index contributed by atoms with van der Waals surface area (Å²) in [4.78, 5) is 0. The second-order valence-electron chi connectivity index (χ2n) is 6.72. The largest absolute Gasteiger partial charge is 0.486 e. The standard InChI is InChI=1S/C22H18N4O2S/c29-22-25-24-21(13-17-6-3-5-16-4-1-2-7-18(16)17)26(22)23-14-15-8-9-19-20(12-15)28-11-10-27-19/h1-9,12,14H,10-11,13H2,(H,25,29)/b23-14-. The Labute approximate surface area is 172 Å². The third kappa shape index (κ3) is 3.52. The van der Waals surface area contributed by atoms with Gasteiger partial charge in [0.05, 0.1) is 6.21 Å². The van der Waals surface area contributed by atoms with Crippen LogP contribution in [-0.4, -0.2) is 34.3 Å². The molecule has 1 aromatic heterocycles. The second-order valence-corrected chi connectivity index (χ2v) is 7.11. The van der Waals surface area contributed by atoms with Gasteiger partial charge in [0, 0.05) is 6.42 Å². The van der Waals surface area contributed by atoms with Crippen molar-refractivity contribution in [3.05, 3.63) is 82.4 Å². The molecule has 0 bridgehead atoms. The highest BCUT2D eigenvalue weighted by atomic mass is 32.1. The smallest absolute Gasteiger partial charge is 0.216 e. The van der Waals surface area contributed by atoms with E-state index in [0.29, 0.717) is 24.4 Å². The van der Waals surface area contributed by atoms with Gasteiger partial charge in [0.2, 0.25) is 4.77 Å². The Morgan fingerprint density at radius 3 is 2.79 bits per heavy atom. The van der Waals surface area contributed by atoms with Crippen LogP contribution in [0, 0.1) is 4.77 Å². The molecule has 4 aromatic rings. The van der Waals surface area contributed by atoms with Crippen LogP contribution in [0.15, 0.2) is 65.8 Å². The lowest BCUT2D eigenvalue weighted by molar-refractivity contribution is 0.171. The molecule has 0 atom stereocenters. The predicted octanol–water partition coefficient (Wildman–Crippen LogP) is 4.34. The van der Waals surface area contributed by atoms with Crippen molar-refractivity contribution in [2.45, 2.75) is 6.42 Å². The number of aromatic nitrogens is 3. The van der Waals surface area contributed by atoms with Crippen molar-refractivity contribution in [3.63, 3.8) is 0 Å². The first-order chi connectivity index (χ1) is 14.3. The van der Waals surface area contributed by atoms with Gasteiger partial charge in [-0.2, -0.15) is 14.9 Å². The van der Waals surface area contributed by atoms with E-state index in [9.17, 15) is 0 Å². The molecule has 7 heteroatoms. The molecule has 0 unspecified atom stereocenters. The molecule has 3 aromatic carbocycles. The summed E-state index contributed by atoms with van der Waals surface area (Å²) < 4.78 is 13.3. The maximum Gasteiger partial charge on any atom is 0.216 e. The van der Waals surface area contributed by atoms with Gasteiger partial charge in [-0.05, 0) is 52.3 Å². The van der Waals surface area contributed by atoms with Crippen LogP contribution in [0.25, 0.3) is 10.8 Å². The monoisotopic (exact) mass is 402 g/mol. The molecule has 1 aliphatic rings. The molecule has 6 nitrogen and oxygen atoms in total. The Balaban J connectivity index is 1.46. The topological polar surface area (TPSA) is 64.4 Å². The van der Waals surface area contributed by atoms with Crippen LogP contribution in [0.2, 0.25) is 0 Å². The van der Waals surface area contributed by atoms with E-state index in [-0.39, 0.29) is 0 Å². The molecule has 144 valence electrons. The second kappa shape index (κ2) is 7.52. The summed E-state index contributed by atoms with van der Waals surface area (Å²) in [5.74, 6) is 2.23. The Bertz CT molecular complexity index is 1270. The van der Waals surface area contributed by atoms with E-state index in [1.54, 1.807) is 10.9 Å². The quantitative estimate of drug-likeness (QED) is 0.407. The minimum absolute atomic E-state index is 0.453. The van der Waals surface area contributed by atoms with Crippen LogP contribution in [-0.2, 0) is 6.42 Å². The number of benzene rings is 3. The highest BCUT2D eigenvalue weighted by Crippen LogP contribution is 2.30. The van der Waals surface area contributed by atoms with Gasteiger partial charge >= 0.3 is 0 Å². The molecule has 0 spiro atoms. The summed E-state index contributed by atoms with van der Waals surface area (Å²) in [7, 11) is 0. The average molecular weight is 402 g/mol. The lowest BCUT2D eigenvalue weighted by Crippen LogP contribution is -2.15. The van der Waals surface area contributed by atoms with Crippen molar-refractivity contribution < 1.29 is 9.47 Å². The number of hydrogen-bond donors (Lipinski definition) is 1. The Morgan fingerprint density at radius 1 is 1.03 bits per heavy atom. The molecule has 1 aliphatic heterocycles. The molecular formula is C22H18N4O2S. The molecule has 0 fully saturated rings. The zero-order valence-electron chi connectivity index (χ0n) is 15.5. The zero-order valence-corrected chi connectivity index (χ0v) is 16.4. The van der Waals surface area contributed by atoms with Crippen LogP contribution in [0.1, 0.15) is 17.0 Å². The fourth-order valence-corrected chi connectivity index (χ4v) is 3.64. The molecule has 0 radical (unpaired) electrons. The number of fused-ring (bicyclic) bond motifs is 2. The lowest BCUT2D eigenvalue weighted by Gasteiger charge is -2.18. The van der Waals surface area contributed by atoms with Gasteiger partial charge in [-0.3, -0.25) is 5.10 Å². The van der Waals surface area contributed by atoms with Crippen molar-refractivity contribution in [1.82, 2.24) is 14.9 Å². The average Bonchev–Trinajstić information content (AvgIpc) is 3.11. The van der Waals surface area contributed by atoms with Crippen molar-refractivity contribution in [3.8, 4) is 11.5 Å². The minimum Gasteiger partial charge on any atom is -0.486 e. The fourth-order valence-electron chi connectivity index (χ4n) is 3.44. The first kappa shape index (κ1) is 17.6.